The van der Waals surface area contributed by atoms with Crippen molar-refractivity contribution in [3.05, 3.63) is 89.7 Å². The number of carbonyl (C=O) groups excluding carboxylic acids is 3. The lowest BCUT2D eigenvalue weighted by Gasteiger charge is -2.43. The number of carbonyl (C=O) groups is 3. The highest BCUT2D eigenvalue weighted by Crippen LogP contribution is 2.40. The Balaban J connectivity index is 1.30. The Labute approximate surface area is 238 Å². The van der Waals surface area contributed by atoms with Crippen molar-refractivity contribution in [3.8, 4) is 11.5 Å². The molecule has 41 heavy (non-hydrogen) atoms. The number of likely N-dealkylation sites (tertiary alicyclic amines) is 1. The average Bonchev–Trinajstić information content (AvgIpc) is 3.27. The maximum Gasteiger partial charge on any atom is 0.254 e. The zero-order valence-electron chi connectivity index (χ0n) is 23.1. The van der Waals surface area contributed by atoms with E-state index in [9.17, 15) is 18.8 Å². The van der Waals surface area contributed by atoms with Gasteiger partial charge >= 0.3 is 0 Å². The van der Waals surface area contributed by atoms with Gasteiger partial charge in [-0.05, 0) is 54.8 Å². The molecule has 1 spiro atoms. The van der Waals surface area contributed by atoms with Gasteiger partial charge in [0, 0.05) is 37.0 Å². The number of nitrogens with zero attached hydrogens (tertiary/aromatic N) is 3. The molecule has 10 heteroatoms. The number of amides is 3. The molecule has 2 saturated heterocycles. The molecule has 1 N–H and O–H groups in total. The van der Waals surface area contributed by atoms with Gasteiger partial charge in [0.2, 0.25) is 5.91 Å². The van der Waals surface area contributed by atoms with Crippen LogP contribution in [0.2, 0.25) is 0 Å². The molecular weight excluding hydrogens is 527 g/mol. The Kier molecular flexibility index (Phi) is 8.09. The molecular formula is C31H33FN4O5. The Bertz CT molecular complexity index is 1390. The normalized spacial score (nSPS) is 16.2. The van der Waals surface area contributed by atoms with Crippen LogP contribution in [0.25, 0.3) is 0 Å². The van der Waals surface area contributed by atoms with E-state index in [1.807, 2.05) is 30.3 Å². The van der Waals surface area contributed by atoms with E-state index in [-0.39, 0.29) is 43.3 Å². The van der Waals surface area contributed by atoms with Crippen molar-refractivity contribution in [2.45, 2.75) is 24.9 Å². The minimum absolute atomic E-state index is 0.0998. The van der Waals surface area contributed by atoms with Gasteiger partial charge < -0.3 is 29.5 Å². The van der Waals surface area contributed by atoms with Gasteiger partial charge in [-0.1, -0.05) is 30.3 Å². The van der Waals surface area contributed by atoms with Gasteiger partial charge in [0.25, 0.3) is 11.8 Å². The van der Waals surface area contributed by atoms with Gasteiger partial charge in [-0.15, -0.1) is 0 Å². The number of piperidine rings is 1. The first-order valence-electron chi connectivity index (χ1n) is 13.5. The monoisotopic (exact) mass is 560 g/mol. The Morgan fingerprint density at radius 1 is 0.927 bits per heavy atom. The number of benzene rings is 3. The molecule has 0 aliphatic carbocycles. The van der Waals surface area contributed by atoms with Gasteiger partial charge in [-0.2, -0.15) is 0 Å². The number of hydrogen-bond acceptors (Lipinski definition) is 6. The van der Waals surface area contributed by atoms with Crippen molar-refractivity contribution in [1.29, 1.82) is 0 Å². The van der Waals surface area contributed by atoms with Crippen molar-refractivity contribution in [2.75, 3.05) is 45.4 Å². The number of halogens is 1. The fraction of sp³-hybridized carbons (Fsp3) is 0.323. The third kappa shape index (κ3) is 5.82. The van der Waals surface area contributed by atoms with Gasteiger partial charge in [0.05, 0.1) is 20.9 Å². The molecule has 0 aromatic heterocycles. The molecule has 0 bridgehead atoms. The Morgan fingerprint density at radius 3 is 2.17 bits per heavy atom. The standard InChI is InChI=1S/C31H33FN4O5/c1-40-26-16-23(17-27(18-26)41-2)29(38)34-14-12-31(13-15-34)30(39)35(21-36(31)25-6-4-3-5-7-25)20-28(37)33-19-22-8-10-24(32)11-9-22/h3-11,16-18H,12-15,19-21H2,1-2H3,(H,33,37). The molecule has 3 amide bonds. The average molecular weight is 561 g/mol. The summed E-state index contributed by atoms with van der Waals surface area (Å²) in [6.45, 7) is 1.14. The number of anilines is 1. The van der Waals surface area contributed by atoms with Gasteiger partial charge in [-0.25, -0.2) is 4.39 Å². The summed E-state index contributed by atoms with van der Waals surface area (Å²) < 4.78 is 23.8. The number of rotatable bonds is 8. The molecule has 3 aromatic rings. The molecule has 9 nitrogen and oxygen atoms in total. The second-order valence-corrected chi connectivity index (χ2v) is 10.2. The smallest absolute Gasteiger partial charge is 0.254 e. The largest absolute Gasteiger partial charge is 0.497 e. The fourth-order valence-corrected chi connectivity index (χ4v) is 5.55. The summed E-state index contributed by atoms with van der Waals surface area (Å²) in [5, 5.41) is 2.82. The van der Waals surface area contributed by atoms with Crippen molar-refractivity contribution in [1.82, 2.24) is 15.1 Å². The van der Waals surface area contributed by atoms with Gasteiger partial charge in [0.15, 0.2) is 0 Å². The molecule has 0 unspecified atom stereocenters. The van der Waals surface area contributed by atoms with E-state index >= 15 is 0 Å². The van der Waals surface area contributed by atoms with Gasteiger partial charge in [0.1, 0.15) is 29.4 Å². The van der Waals surface area contributed by atoms with Crippen molar-refractivity contribution < 1.29 is 28.2 Å². The van der Waals surface area contributed by atoms with Crippen LogP contribution in [0, 0.1) is 5.82 Å². The van der Waals surface area contributed by atoms with Crippen LogP contribution >= 0.6 is 0 Å². The molecule has 0 radical (unpaired) electrons. The minimum Gasteiger partial charge on any atom is -0.497 e. The van der Waals surface area contributed by atoms with E-state index in [1.165, 1.54) is 26.4 Å². The highest BCUT2D eigenvalue weighted by atomic mass is 19.1. The first kappa shape index (κ1) is 27.9. The molecule has 5 rings (SSSR count). The lowest BCUT2D eigenvalue weighted by Crippen LogP contribution is -2.57. The van der Waals surface area contributed by atoms with Crippen LogP contribution in [-0.4, -0.2) is 73.6 Å². The summed E-state index contributed by atoms with van der Waals surface area (Å²) in [6, 6.07) is 20.6. The number of ether oxygens (including phenoxy) is 2. The summed E-state index contributed by atoms with van der Waals surface area (Å²) >= 11 is 0. The molecule has 214 valence electrons. The first-order valence-corrected chi connectivity index (χ1v) is 13.5. The van der Waals surface area contributed by atoms with Crippen LogP contribution in [0.5, 0.6) is 11.5 Å². The number of hydrogen-bond donors (Lipinski definition) is 1. The molecule has 2 aliphatic heterocycles. The number of methoxy groups -OCH3 is 2. The van der Waals surface area contributed by atoms with Crippen molar-refractivity contribution in [2.24, 2.45) is 0 Å². The van der Waals surface area contributed by atoms with E-state index in [4.69, 9.17) is 9.47 Å². The fourth-order valence-electron chi connectivity index (χ4n) is 5.55. The van der Waals surface area contributed by atoms with E-state index in [0.29, 0.717) is 43.0 Å². The van der Waals surface area contributed by atoms with Crippen LogP contribution < -0.4 is 19.7 Å². The van der Waals surface area contributed by atoms with Crippen molar-refractivity contribution >= 4 is 23.4 Å². The van der Waals surface area contributed by atoms with E-state index < -0.39 is 5.54 Å². The molecule has 2 fully saturated rings. The second-order valence-electron chi connectivity index (χ2n) is 10.2. The SMILES string of the molecule is COc1cc(OC)cc(C(=O)N2CCC3(CC2)C(=O)N(CC(=O)NCc2ccc(F)cc2)CN3c2ccccc2)c1. The topological polar surface area (TPSA) is 91.4 Å². The highest BCUT2D eigenvalue weighted by molar-refractivity contribution is 5.98. The quantitative estimate of drug-likeness (QED) is 0.454. The van der Waals surface area contributed by atoms with Crippen LogP contribution in [0.3, 0.4) is 0 Å². The first-order chi connectivity index (χ1) is 19.8. The van der Waals surface area contributed by atoms with Crippen molar-refractivity contribution in [3.63, 3.8) is 0 Å². The Morgan fingerprint density at radius 2 is 1.56 bits per heavy atom. The summed E-state index contributed by atoms with van der Waals surface area (Å²) in [4.78, 5) is 45.6. The van der Waals surface area contributed by atoms with Crippen LogP contribution in [0.4, 0.5) is 10.1 Å². The molecule has 0 saturated carbocycles. The van der Waals surface area contributed by atoms with E-state index in [1.54, 1.807) is 40.1 Å². The van der Waals surface area contributed by atoms with Crippen LogP contribution in [-0.2, 0) is 16.1 Å². The number of para-hydroxylation sites is 1. The summed E-state index contributed by atoms with van der Waals surface area (Å²) in [7, 11) is 3.07. The zero-order chi connectivity index (χ0) is 29.0. The minimum atomic E-state index is -0.874. The van der Waals surface area contributed by atoms with E-state index in [2.05, 4.69) is 10.2 Å². The molecule has 2 aliphatic rings. The second kappa shape index (κ2) is 11.9. The lowest BCUT2D eigenvalue weighted by molar-refractivity contribution is -0.137. The third-order valence-corrected chi connectivity index (χ3v) is 7.80. The maximum atomic E-state index is 14.0. The maximum absolute atomic E-state index is 14.0. The zero-order valence-corrected chi connectivity index (χ0v) is 23.1. The number of nitrogens with one attached hydrogen (secondary N) is 1. The third-order valence-electron chi connectivity index (χ3n) is 7.80. The van der Waals surface area contributed by atoms with Crippen LogP contribution in [0.1, 0.15) is 28.8 Å². The van der Waals surface area contributed by atoms with E-state index in [0.717, 1.165) is 11.3 Å². The predicted molar refractivity (Wildman–Crippen MR) is 151 cm³/mol. The van der Waals surface area contributed by atoms with Gasteiger partial charge in [-0.3, -0.25) is 14.4 Å². The lowest BCUT2D eigenvalue weighted by atomic mass is 9.85. The highest BCUT2D eigenvalue weighted by Gasteiger charge is 2.54. The predicted octanol–water partition coefficient (Wildman–Crippen LogP) is 3.44. The Hall–Kier alpha value is -4.60. The molecule has 3 aromatic carbocycles. The summed E-state index contributed by atoms with van der Waals surface area (Å²) in [5.74, 6) is 0.114. The molecule has 2 heterocycles. The summed E-state index contributed by atoms with van der Waals surface area (Å²) in [5.41, 5.74) is 1.23. The molecule has 0 atom stereocenters. The summed E-state index contributed by atoms with van der Waals surface area (Å²) in [6.07, 6.45) is 0.836. The van der Waals surface area contributed by atoms with Crippen LogP contribution in [0.15, 0.2) is 72.8 Å².